The van der Waals surface area contributed by atoms with Crippen LogP contribution >= 0.6 is 0 Å². The van der Waals surface area contributed by atoms with Gasteiger partial charge in [-0.15, -0.1) is 0 Å². The van der Waals surface area contributed by atoms with Gasteiger partial charge in [0.05, 0.1) is 17.1 Å². The Balaban J connectivity index is 1.46. The lowest BCUT2D eigenvalue weighted by atomic mass is 9.97. The molecule has 4 aromatic rings. The zero-order chi connectivity index (χ0) is 22.9. The van der Waals surface area contributed by atoms with Gasteiger partial charge in [-0.1, -0.05) is 18.2 Å². The fraction of sp³-hybridized carbons (Fsp3) is 0.160. The first-order valence-corrected chi connectivity index (χ1v) is 11.1. The number of nitrogens with one attached hydrogen (secondary N) is 2. The molecule has 9 heteroatoms. The molecule has 168 valence electrons. The number of nitrogens with zero attached hydrogens (tertiary/aromatic N) is 6. The van der Waals surface area contributed by atoms with E-state index in [-0.39, 0.29) is 5.82 Å². The van der Waals surface area contributed by atoms with Gasteiger partial charge in [0.25, 0.3) is 0 Å². The van der Waals surface area contributed by atoms with Crippen LogP contribution in [0.25, 0.3) is 27.9 Å². The predicted molar refractivity (Wildman–Crippen MR) is 130 cm³/mol. The third-order valence-electron chi connectivity index (χ3n) is 5.89. The Morgan fingerprint density at radius 3 is 2.71 bits per heavy atom. The van der Waals surface area contributed by atoms with Crippen molar-refractivity contribution >= 4 is 33.9 Å². The summed E-state index contributed by atoms with van der Waals surface area (Å²) in [4.78, 5) is 25.0. The molecule has 0 radical (unpaired) electrons. The van der Waals surface area contributed by atoms with Crippen LogP contribution in [0.3, 0.4) is 0 Å². The van der Waals surface area contributed by atoms with E-state index in [1.54, 1.807) is 24.5 Å². The smallest absolute Gasteiger partial charge is 0.167 e. The maximum absolute atomic E-state index is 14.1. The molecular formula is C25H21FN8. The van der Waals surface area contributed by atoms with Crippen molar-refractivity contribution in [1.82, 2.24) is 30.2 Å². The van der Waals surface area contributed by atoms with Gasteiger partial charge in [0.1, 0.15) is 11.6 Å². The minimum atomic E-state index is -0.449. The highest BCUT2D eigenvalue weighted by Crippen LogP contribution is 2.35. The van der Waals surface area contributed by atoms with E-state index in [0.717, 1.165) is 59.6 Å². The Labute approximate surface area is 195 Å². The molecule has 1 aliphatic heterocycles. The van der Waals surface area contributed by atoms with E-state index in [2.05, 4.69) is 42.6 Å². The van der Waals surface area contributed by atoms with Crippen LogP contribution in [-0.4, -0.2) is 51.1 Å². The topological polar surface area (TPSA) is 91.8 Å². The molecule has 0 unspecified atom stereocenters. The van der Waals surface area contributed by atoms with Crippen molar-refractivity contribution in [2.24, 2.45) is 0 Å². The number of fused-ring (bicyclic) bond motifs is 1. The van der Waals surface area contributed by atoms with Crippen molar-refractivity contribution in [2.45, 2.75) is 0 Å². The van der Waals surface area contributed by atoms with Gasteiger partial charge in [-0.05, 0) is 29.8 Å². The molecule has 34 heavy (non-hydrogen) atoms. The lowest BCUT2D eigenvalue weighted by Crippen LogP contribution is -2.44. The third-order valence-corrected chi connectivity index (χ3v) is 5.89. The summed E-state index contributed by atoms with van der Waals surface area (Å²) in [5, 5.41) is 7.34. The number of aromatic nitrogens is 5. The van der Waals surface area contributed by atoms with Gasteiger partial charge in [-0.3, -0.25) is 4.98 Å². The van der Waals surface area contributed by atoms with E-state index < -0.39 is 5.82 Å². The zero-order valence-corrected chi connectivity index (χ0v) is 18.2. The molecule has 0 amide bonds. The molecule has 2 aliphatic rings. The average molecular weight is 452 g/mol. The Hall–Kier alpha value is -4.24. The molecule has 0 atom stereocenters. The average Bonchev–Trinajstić information content (AvgIpc) is 2.85. The minimum absolute atomic E-state index is 0.115. The standard InChI is InChI=1S/C25H21FN8/c26-19-5-2-7-30-24(19)32-21-13-17(6-8-29-21)23-31-20-15-28-14-18(16-3-1-4-16)22(20)25(33-23)34-11-9-27-10-12-34/h1-8,13-15,27H,9-12H2,(H,29,30,32). The van der Waals surface area contributed by atoms with Crippen LogP contribution < -0.4 is 15.5 Å². The summed E-state index contributed by atoms with van der Waals surface area (Å²) in [7, 11) is 0. The summed E-state index contributed by atoms with van der Waals surface area (Å²) in [6, 6.07) is 6.54. The van der Waals surface area contributed by atoms with E-state index in [0.29, 0.717) is 11.6 Å². The van der Waals surface area contributed by atoms with Crippen LogP contribution in [0.2, 0.25) is 0 Å². The number of halogens is 1. The molecule has 6 rings (SSSR count). The first kappa shape index (κ1) is 20.4. The molecule has 1 fully saturated rings. The Bertz CT molecular complexity index is 1440. The quantitative estimate of drug-likeness (QED) is 0.473. The summed E-state index contributed by atoms with van der Waals surface area (Å²) in [5.41, 5.74) is 3.70. The molecule has 0 aromatic carbocycles. The molecule has 4 aromatic heterocycles. The molecule has 1 aliphatic carbocycles. The molecular weight excluding hydrogens is 431 g/mol. The molecule has 0 saturated carbocycles. The SMILES string of the molecule is Fc1cccnc1Nc1cc(-c2nc(N3CCNCC3)c3c(C4=CC=C4)cncc3n2)ccn1. The van der Waals surface area contributed by atoms with E-state index in [1.807, 2.05) is 18.3 Å². The fourth-order valence-electron chi connectivity index (χ4n) is 4.13. The van der Waals surface area contributed by atoms with Gasteiger partial charge in [-0.2, -0.15) is 0 Å². The first-order chi connectivity index (χ1) is 16.8. The number of piperazine rings is 1. The van der Waals surface area contributed by atoms with Crippen molar-refractivity contribution in [3.05, 3.63) is 78.7 Å². The van der Waals surface area contributed by atoms with Crippen LogP contribution in [-0.2, 0) is 0 Å². The van der Waals surface area contributed by atoms with Crippen molar-refractivity contribution in [3.63, 3.8) is 0 Å². The lowest BCUT2D eigenvalue weighted by molar-refractivity contribution is 0.586. The van der Waals surface area contributed by atoms with Crippen LogP contribution in [0.15, 0.2) is 67.3 Å². The van der Waals surface area contributed by atoms with Crippen LogP contribution in [0.5, 0.6) is 0 Å². The normalized spacial score (nSPS) is 15.2. The van der Waals surface area contributed by atoms with Gasteiger partial charge in [0.15, 0.2) is 17.5 Å². The zero-order valence-electron chi connectivity index (χ0n) is 18.2. The summed E-state index contributed by atoms with van der Waals surface area (Å²) in [6.45, 7) is 3.49. The Morgan fingerprint density at radius 1 is 1.03 bits per heavy atom. The minimum Gasteiger partial charge on any atom is -0.353 e. The number of hydrogen-bond acceptors (Lipinski definition) is 8. The van der Waals surface area contributed by atoms with E-state index in [1.165, 1.54) is 12.3 Å². The Kier molecular flexibility index (Phi) is 5.15. The summed E-state index contributed by atoms with van der Waals surface area (Å²) in [6.07, 6.45) is 13.0. The highest BCUT2D eigenvalue weighted by atomic mass is 19.1. The maximum atomic E-state index is 14.1. The van der Waals surface area contributed by atoms with Crippen molar-refractivity contribution in [2.75, 3.05) is 36.4 Å². The summed E-state index contributed by atoms with van der Waals surface area (Å²) < 4.78 is 14.1. The monoisotopic (exact) mass is 452 g/mol. The fourth-order valence-corrected chi connectivity index (χ4v) is 4.13. The highest BCUT2D eigenvalue weighted by Gasteiger charge is 2.21. The van der Waals surface area contributed by atoms with Gasteiger partial charge in [-0.25, -0.2) is 24.3 Å². The molecule has 5 heterocycles. The first-order valence-electron chi connectivity index (χ1n) is 11.1. The number of rotatable bonds is 5. The molecule has 8 nitrogen and oxygen atoms in total. The molecule has 0 bridgehead atoms. The number of hydrogen-bond donors (Lipinski definition) is 2. The molecule has 2 N–H and O–H groups in total. The summed E-state index contributed by atoms with van der Waals surface area (Å²) in [5.74, 6) is 1.57. The second kappa shape index (κ2) is 8.60. The lowest BCUT2D eigenvalue weighted by Gasteiger charge is -2.30. The Morgan fingerprint density at radius 2 is 1.91 bits per heavy atom. The van der Waals surface area contributed by atoms with Crippen molar-refractivity contribution in [3.8, 4) is 11.4 Å². The van der Waals surface area contributed by atoms with Gasteiger partial charge >= 0.3 is 0 Å². The maximum Gasteiger partial charge on any atom is 0.167 e. The van der Waals surface area contributed by atoms with E-state index >= 15 is 0 Å². The highest BCUT2D eigenvalue weighted by molar-refractivity contribution is 6.02. The van der Waals surface area contributed by atoms with Gasteiger partial charge < -0.3 is 15.5 Å². The number of allylic oxidation sites excluding steroid dienone is 4. The van der Waals surface area contributed by atoms with Gasteiger partial charge in [0, 0.05) is 55.9 Å². The van der Waals surface area contributed by atoms with E-state index in [9.17, 15) is 4.39 Å². The summed E-state index contributed by atoms with van der Waals surface area (Å²) >= 11 is 0. The van der Waals surface area contributed by atoms with Crippen LogP contribution in [0.4, 0.5) is 21.8 Å². The molecule has 0 spiro atoms. The number of pyridine rings is 3. The second-order valence-electron chi connectivity index (χ2n) is 8.06. The van der Waals surface area contributed by atoms with Crippen LogP contribution in [0, 0.1) is 5.82 Å². The van der Waals surface area contributed by atoms with E-state index in [4.69, 9.17) is 9.97 Å². The number of anilines is 3. The largest absolute Gasteiger partial charge is 0.353 e. The molecule has 1 saturated heterocycles. The van der Waals surface area contributed by atoms with Gasteiger partial charge in [0.2, 0.25) is 0 Å². The van der Waals surface area contributed by atoms with Crippen LogP contribution in [0.1, 0.15) is 5.56 Å². The van der Waals surface area contributed by atoms with Crippen molar-refractivity contribution in [1.29, 1.82) is 0 Å². The second-order valence-corrected chi connectivity index (χ2v) is 8.06. The predicted octanol–water partition coefficient (Wildman–Crippen LogP) is 3.73. The third kappa shape index (κ3) is 3.75. The van der Waals surface area contributed by atoms with Crippen molar-refractivity contribution < 1.29 is 4.39 Å².